The molecule has 0 saturated carbocycles. The fourth-order valence-corrected chi connectivity index (χ4v) is 3.64. The smallest absolute Gasteiger partial charge is 0.163 e. The Morgan fingerprint density at radius 1 is 1.29 bits per heavy atom. The predicted molar refractivity (Wildman–Crippen MR) is 113 cm³/mol. The minimum absolute atomic E-state index is 0.0592. The third kappa shape index (κ3) is 5.88. The Morgan fingerprint density at radius 3 is 2.93 bits per heavy atom. The van der Waals surface area contributed by atoms with E-state index in [1.54, 1.807) is 12.3 Å². The molecule has 5 heteroatoms. The molecule has 0 aliphatic carbocycles. The summed E-state index contributed by atoms with van der Waals surface area (Å²) in [5.74, 6) is 0.802. The first-order chi connectivity index (χ1) is 13.7. The van der Waals surface area contributed by atoms with Gasteiger partial charge in [-0.3, -0.25) is 9.69 Å². The number of Topliss-reactive ketones (excluding diaryl/α,β-unsaturated/α-hetero) is 1. The second kappa shape index (κ2) is 10.3. The lowest BCUT2D eigenvalue weighted by Gasteiger charge is -2.30. The maximum atomic E-state index is 12.5. The largest absolute Gasteiger partial charge is 0.392 e. The number of carbonyl (C=O) groups is 1. The van der Waals surface area contributed by atoms with Gasteiger partial charge >= 0.3 is 0 Å². The Balaban J connectivity index is 1.45. The van der Waals surface area contributed by atoms with Crippen molar-refractivity contribution in [1.29, 1.82) is 0 Å². The molecule has 1 aromatic heterocycles. The van der Waals surface area contributed by atoms with Gasteiger partial charge in [0.1, 0.15) is 5.82 Å². The summed E-state index contributed by atoms with van der Waals surface area (Å²) in [6, 6.07) is 12.1. The minimum atomic E-state index is -0.488. The zero-order valence-corrected chi connectivity index (χ0v) is 16.7. The quantitative estimate of drug-likeness (QED) is 0.485. The van der Waals surface area contributed by atoms with Crippen molar-refractivity contribution in [2.75, 3.05) is 25.0 Å². The van der Waals surface area contributed by atoms with Crippen LogP contribution >= 0.6 is 0 Å². The number of carbonyl (C=O) groups excluding carboxylic acids is 1. The average Bonchev–Trinajstić information content (AvgIpc) is 2.72. The summed E-state index contributed by atoms with van der Waals surface area (Å²) in [7, 11) is 0. The van der Waals surface area contributed by atoms with Gasteiger partial charge in [0.15, 0.2) is 5.78 Å². The van der Waals surface area contributed by atoms with E-state index >= 15 is 0 Å². The number of anilines is 1. The molecule has 0 bridgehead atoms. The number of aliphatic hydroxyl groups excluding tert-OH is 1. The molecule has 0 spiro atoms. The Hall–Kier alpha value is -2.24. The summed E-state index contributed by atoms with van der Waals surface area (Å²) in [6.45, 7) is 5.45. The van der Waals surface area contributed by atoms with E-state index in [0.29, 0.717) is 24.9 Å². The highest BCUT2D eigenvalue weighted by Crippen LogP contribution is 2.19. The molecule has 2 aromatic rings. The maximum Gasteiger partial charge on any atom is 0.163 e. The van der Waals surface area contributed by atoms with Gasteiger partial charge in [-0.1, -0.05) is 37.6 Å². The van der Waals surface area contributed by atoms with Crippen LogP contribution < -0.4 is 5.32 Å². The van der Waals surface area contributed by atoms with E-state index in [0.717, 1.165) is 44.7 Å². The van der Waals surface area contributed by atoms with Gasteiger partial charge in [0.05, 0.1) is 6.10 Å². The van der Waals surface area contributed by atoms with Gasteiger partial charge in [0.25, 0.3) is 0 Å². The van der Waals surface area contributed by atoms with Crippen LogP contribution in [-0.4, -0.2) is 46.5 Å². The number of ketones is 1. The van der Waals surface area contributed by atoms with Gasteiger partial charge in [-0.2, -0.15) is 0 Å². The van der Waals surface area contributed by atoms with E-state index in [2.05, 4.69) is 46.4 Å². The van der Waals surface area contributed by atoms with Gasteiger partial charge in [-0.05, 0) is 42.5 Å². The Bertz CT molecular complexity index is 778. The number of β-amino-alcohol motifs (C(OH)–C–C–N with tert-alkyl or cyclic N) is 1. The molecule has 0 fully saturated rings. The molecule has 0 unspecified atom stereocenters. The van der Waals surface area contributed by atoms with E-state index in [-0.39, 0.29) is 5.78 Å². The molecule has 2 N–H and O–H groups in total. The summed E-state index contributed by atoms with van der Waals surface area (Å²) < 4.78 is 0. The van der Waals surface area contributed by atoms with Crippen LogP contribution in [0.15, 0.2) is 42.6 Å². The Kier molecular flexibility index (Phi) is 7.57. The molecule has 150 valence electrons. The summed E-state index contributed by atoms with van der Waals surface area (Å²) >= 11 is 0. The number of rotatable bonds is 10. The van der Waals surface area contributed by atoms with Crippen LogP contribution in [-0.2, 0) is 13.0 Å². The molecule has 5 nitrogen and oxygen atoms in total. The number of fused-ring (bicyclic) bond motifs is 1. The lowest BCUT2D eigenvalue weighted by atomic mass is 9.99. The van der Waals surface area contributed by atoms with E-state index in [9.17, 15) is 9.90 Å². The summed E-state index contributed by atoms with van der Waals surface area (Å²) in [5, 5.41) is 13.7. The first kappa shape index (κ1) is 20.5. The predicted octanol–water partition coefficient (Wildman–Crippen LogP) is 3.68. The second-order valence-electron chi connectivity index (χ2n) is 7.58. The zero-order valence-electron chi connectivity index (χ0n) is 16.7. The standard InChI is InChI=1S/C23H31N3O2/c1-2-3-12-24-23-15-19(10-13-25-23)22(28)9-8-21(27)17-26-14-11-18-6-4-5-7-20(18)16-26/h4-7,10,13,15,21,27H,2-3,8-9,11-12,14,16-17H2,1H3,(H,24,25)/t21-/m0/s1. The number of aromatic nitrogens is 1. The van der Waals surface area contributed by atoms with E-state index < -0.39 is 6.10 Å². The van der Waals surface area contributed by atoms with Crippen molar-refractivity contribution < 1.29 is 9.90 Å². The summed E-state index contributed by atoms with van der Waals surface area (Å²) in [5.41, 5.74) is 3.41. The van der Waals surface area contributed by atoms with E-state index in [1.165, 1.54) is 11.1 Å². The first-order valence-electron chi connectivity index (χ1n) is 10.4. The highest BCUT2D eigenvalue weighted by molar-refractivity contribution is 5.96. The number of hydrogen-bond donors (Lipinski definition) is 2. The number of unbranched alkanes of at least 4 members (excludes halogenated alkanes) is 1. The molecule has 0 radical (unpaired) electrons. The highest BCUT2D eigenvalue weighted by Gasteiger charge is 2.19. The maximum absolute atomic E-state index is 12.5. The van der Waals surface area contributed by atoms with Gasteiger partial charge in [-0.15, -0.1) is 0 Å². The lowest BCUT2D eigenvalue weighted by molar-refractivity contribution is 0.0837. The molecule has 28 heavy (non-hydrogen) atoms. The van der Waals surface area contributed by atoms with E-state index in [1.807, 2.05) is 6.07 Å². The molecule has 1 atom stereocenters. The fraction of sp³-hybridized carbons (Fsp3) is 0.478. The van der Waals surface area contributed by atoms with Gasteiger partial charge in [0.2, 0.25) is 0 Å². The van der Waals surface area contributed by atoms with Gasteiger partial charge in [-0.25, -0.2) is 4.98 Å². The Morgan fingerprint density at radius 2 is 2.11 bits per heavy atom. The normalized spacial score (nSPS) is 15.1. The average molecular weight is 382 g/mol. The molecule has 0 saturated heterocycles. The second-order valence-corrected chi connectivity index (χ2v) is 7.58. The molecular weight excluding hydrogens is 350 g/mol. The van der Waals surface area contributed by atoms with Crippen LogP contribution in [0.5, 0.6) is 0 Å². The number of nitrogens with one attached hydrogen (secondary N) is 1. The van der Waals surface area contributed by atoms with Crippen LogP contribution in [0.2, 0.25) is 0 Å². The van der Waals surface area contributed by atoms with Gasteiger partial charge < -0.3 is 10.4 Å². The van der Waals surface area contributed by atoms with Crippen molar-refractivity contribution in [3.63, 3.8) is 0 Å². The van der Waals surface area contributed by atoms with Crippen LogP contribution in [0.4, 0.5) is 5.82 Å². The number of aliphatic hydroxyl groups is 1. The number of benzene rings is 1. The van der Waals surface area contributed by atoms with Crippen LogP contribution in [0.3, 0.4) is 0 Å². The molecule has 3 rings (SSSR count). The van der Waals surface area contributed by atoms with Crippen molar-refractivity contribution in [2.45, 2.75) is 51.7 Å². The number of hydrogen-bond acceptors (Lipinski definition) is 5. The summed E-state index contributed by atoms with van der Waals surface area (Å²) in [6.07, 6.45) is 5.23. The minimum Gasteiger partial charge on any atom is -0.392 e. The van der Waals surface area contributed by atoms with Crippen LogP contribution in [0, 0.1) is 0 Å². The fourth-order valence-electron chi connectivity index (χ4n) is 3.64. The summed E-state index contributed by atoms with van der Waals surface area (Å²) in [4.78, 5) is 19.0. The third-order valence-electron chi connectivity index (χ3n) is 5.30. The SMILES string of the molecule is CCCCNc1cc(C(=O)CC[C@H](O)CN2CCc3ccccc3C2)ccn1. The van der Waals surface area contributed by atoms with Gasteiger partial charge in [0, 0.05) is 44.4 Å². The Labute approximate surface area is 167 Å². The monoisotopic (exact) mass is 381 g/mol. The molecular formula is C23H31N3O2. The van der Waals surface area contributed by atoms with Crippen molar-refractivity contribution in [3.05, 3.63) is 59.3 Å². The molecule has 1 aromatic carbocycles. The zero-order chi connectivity index (χ0) is 19.8. The first-order valence-corrected chi connectivity index (χ1v) is 10.4. The van der Waals surface area contributed by atoms with Crippen molar-refractivity contribution >= 4 is 11.6 Å². The van der Waals surface area contributed by atoms with Crippen LogP contribution in [0.1, 0.15) is 54.1 Å². The molecule has 1 aliphatic rings. The van der Waals surface area contributed by atoms with Crippen molar-refractivity contribution in [1.82, 2.24) is 9.88 Å². The van der Waals surface area contributed by atoms with Crippen molar-refractivity contribution in [2.24, 2.45) is 0 Å². The number of nitrogens with zero attached hydrogens (tertiary/aromatic N) is 2. The molecule has 1 aliphatic heterocycles. The number of pyridine rings is 1. The molecule has 2 heterocycles. The molecule has 0 amide bonds. The van der Waals surface area contributed by atoms with Crippen molar-refractivity contribution in [3.8, 4) is 0 Å². The highest BCUT2D eigenvalue weighted by atomic mass is 16.3. The topological polar surface area (TPSA) is 65.5 Å². The van der Waals surface area contributed by atoms with Crippen LogP contribution in [0.25, 0.3) is 0 Å². The third-order valence-corrected chi connectivity index (χ3v) is 5.30. The lowest BCUT2D eigenvalue weighted by Crippen LogP contribution is -2.36. The van der Waals surface area contributed by atoms with E-state index in [4.69, 9.17) is 0 Å².